The quantitative estimate of drug-likeness (QED) is 0.654. The molecule has 0 aliphatic rings. The smallest absolute Gasteiger partial charge is 0.335 e. The third-order valence-corrected chi connectivity index (χ3v) is 2.59. The lowest BCUT2D eigenvalue weighted by molar-refractivity contribution is -0.140. The molecule has 0 fully saturated rings. The second-order valence-corrected chi connectivity index (χ2v) is 4.54. The zero-order chi connectivity index (χ0) is 15.3. The summed E-state index contributed by atoms with van der Waals surface area (Å²) in [5.41, 5.74) is 0.303. The minimum absolute atomic E-state index is 0.0291. The molecule has 1 aromatic carbocycles. The molecule has 0 aliphatic heterocycles. The maximum absolute atomic E-state index is 11.7. The van der Waals surface area contributed by atoms with Crippen molar-refractivity contribution in [2.75, 3.05) is 5.32 Å². The van der Waals surface area contributed by atoms with Crippen LogP contribution in [0.15, 0.2) is 24.3 Å². The van der Waals surface area contributed by atoms with Crippen molar-refractivity contribution in [1.82, 2.24) is 5.32 Å². The van der Waals surface area contributed by atoms with Crippen molar-refractivity contribution in [2.45, 2.75) is 19.9 Å². The first-order valence-corrected chi connectivity index (χ1v) is 5.95. The molecule has 4 N–H and O–H groups in total. The van der Waals surface area contributed by atoms with Crippen LogP contribution in [0, 0.1) is 5.92 Å². The van der Waals surface area contributed by atoms with Crippen LogP contribution < -0.4 is 10.6 Å². The lowest BCUT2D eigenvalue weighted by atomic mass is 10.1. The van der Waals surface area contributed by atoms with Crippen LogP contribution in [0.2, 0.25) is 0 Å². The number of carbonyl (C=O) groups excluding carboxylic acids is 1. The van der Waals surface area contributed by atoms with E-state index in [1.54, 1.807) is 13.8 Å². The number of amides is 2. The van der Waals surface area contributed by atoms with E-state index in [0.717, 1.165) is 0 Å². The van der Waals surface area contributed by atoms with E-state index in [1.165, 1.54) is 24.3 Å². The average Bonchev–Trinajstić information content (AvgIpc) is 2.35. The molecule has 0 aromatic heterocycles. The van der Waals surface area contributed by atoms with E-state index in [9.17, 15) is 14.4 Å². The summed E-state index contributed by atoms with van der Waals surface area (Å²) in [7, 11) is 0. The molecule has 0 heterocycles. The van der Waals surface area contributed by atoms with E-state index in [1.807, 2.05) is 0 Å². The summed E-state index contributed by atoms with van der Waals surface area (Å²) >= 11 is 0. The van der Waals surface area contributed by atoms with Gasteiger partial charge in [-0.15, -0.1) is 0 Å². The molecule has 0 unspecified atom stereocenters. The molecule has 1 rings (SSSR count). The predicted octanol–water partition coefficient (Wildman–Crippen LogP) is 1.62. The number of carboxylic acids is 2. The number of benzene rings is 1. The number of aliphatic carboxylic acids is 1. The third kappa shape index (κ3) is 4.27. The molecular weight excluding hydrogens is 264 g/mol. The number of hydrogen-bond acceptors (Lipinski definition) is 3. The van der Waals surface area contributed by atoms with E-state index in [-0.39, 0.29) is 17.2 Å². The summed E-state index contributed by atoms with van der Waals surface area (Å²) in [6.07, 6.45) is 0. The van der Waals surface area contributed by atoms with Gasteiger partial charge in [-0.3, -0.25) is 0 Å². The normalized spacial score (nSPS) is 11.8. The molecule has 2 amide bonds. The number of carboxylic acid groups (broad SMARTS) is 2. The molecule has 0 bridgehead atoms. The monoisotopic (exact) mass is 280 g/mol. The number of rotatable bonds is 5. The lowest BCUT2D eigenvalue weighted by Gasteiger charge is -2.18. The SMILES string of the molecule is CC(C)[C@H](NC(=O)Nc1cccc(C(=O)O)c1)C(=O)O. The Morgan fingerprint density at radius 1 is 1.15 bits per heavy atom. The van der Waals surface area contributed by atoms with Crippen LogP contribution in [0.1, 0.15) is 24.2 Å². The van der Waals surface area contributed by atoms with Crippen LogP contribution >= 0.6 is 0 Å². The zero-order valence-corrected chi connectivity index (χ0v) is 11.1. The number of urea groups is 1. The maximum Gasteiger partial charge on any atom is 0.335 e. The average molecular weight is 280 g/mol. The highest BCUT2D eigenvalue weighted by Gasteiger charge is 2.23. The highest BCUT2D eigenvalue weighted by Crippen LogP contribution is 2.11. The van der Waals surface area contributed by atoms with Gasteiger partial charge in [0.15, 0.2) is 0 Å². The molecule has 0 saturated heterocycles. The van der Waals surface area contributed by atoms with E-state index in [4.69, 9.17) is 10.2 Å². The minimum Gasteiger partial charge on any atom is -0.480 e. The van der Waals surface area contributed by atoms with Crippen molar-refractivity contribution in [2.24, 2.45) is 5.92 Å². The van der Waals surface area contributed by atoms with Crippen LogP contribution in [-0.4, -0.2) is 34.2 Å². The van der Waals surface area contributed by atoms with Gasteiger partial charge in [-0.25, -0.2) is 14.4 Å². The van der Waals surface area contributed by atoms with Crippen molar-refractivity contribution in [3.8, 4) is 0 Å². The Morgan fingerprint density at radius 3 is 2.30 bits per heavy atom. The number of aromatic carboxylic acids is 1. The van der Waals surface area contributed by atoms with Gasteiger partial charge in [-0.05, 0) is 24.1 Å². The van der Waals surface area contributed by atoms with Gasteiger partial charge in [0, 0.05) is 5.69 Å². The van der Waals surface area contributed by atoms with E-state index < -0.39 is 24.0 Å². The second kappa shape index (κ2) is 6.55. The first kappa shape index (κ1) is 15.5. The molecule has 0 spiro atoms. The fraction of sp³-hybridized carbons (Fsp3) is 0.308. The molecule has 0 aliphatic carbocycles. The summed E-state index contributed by atoms with van der Waals surface area (Å²) in [6.45, 7) is 3.34. The highest BCUT2D eigenvalue weighted by atomic mass is 16.4. The first-order chi connectivity index (χ1) is 9.31. The molecule has 7 heteroatoms. The lowest BCUT2D eigenvalue weighted by Crippen LogP contribution is -2.46. The Labute approximate surface area is 115 Å². The Morgan fingerprint density at radius 2 is 1.80 bits per heavy atom. The van der Waals surface area contributed by atoms with Gasteiger partial charge in [-0.1, -0.05) is 19.9 Å². The van der Waals surface area contributed by atoms with Crippen molar-refractivity contribution in [3.05, 3.63) is 29.8 Å². The number of hydrogen-bond donors (Lipinski definition) is 4. The van der Waals surface area contributed by atoms with Crippen molar-refractivity contribution < 1.29 is 24.6 Å². The topological polar surface area (TPSA) is 116 Å². The Kier molecular flexibility index (Phi) is 5.08. The summed E-state index contributed by atoms with van der Waals surface area (Å²) in [5, 5.41) is 22.5. The van der Waals surface area contributed by atoms with Crippen molar-refractivity contribution in [3.63, 3.8) is 0 Å². The third-order valence-electron chi connectivity index (χ3n) is 2.59. The van der Waals surface area contributed by atoms with Gasteiger partial charge in [-0.2, -0.15) is 0 Å². The zero-order valence-electron chi connectivity index (χ0n) is 11.1. The predicted molar refractivity (Wildman–Crippen MR) is 71.8 cm³/mol. The Balaban J connectivity index is 2.73. The molecule has 7 nitrogen and oxygen atoms in total. The van der Waals surface area contributed by atoms with Crippen molar-refractivity contribution >= 4 is 23.7 Å². The summed E-state index contributed by atoms with van der Waals surface area (Å²) < 4.78 is 0. The van der Waals surface area contributed by atoms with Crippen LogP contribution in [-0.2, 0) is 4.79 Å². The molecule has 108 valence electrons. The molecule has 0 radical (unpaired) electrons. The highest BCUT2D eigenvalue weighted by molar-refractivity contribution is 5.94. The van der Waals surface area contributed by atoms with Gasteiger partial charge in [0.05, 0.1) is 5.56 Å². The van der Waals surface area contributed by atoms with Gasteiger partial charge in [0.1, 0.15) is 6.04 Å². The molecule has 20 heavy (non-hydrogen) atoms. The van der Waals surface area contributed by atoms with Gasteiger partial charge in [0.25, 0.3) is 0 Å². The van der Waals surface area contributed by atoms with Crippen LogP contribution in [0.5, 0.6) is 0 Å². The van der Waals surface area contributed by atoms with Crippen LogP contribution in [0.4, 0.5) is 10.5 Å². The van der Waals surface area contributed by atoms with Gasteiger partial charge in [0.2, 0.25) is 0 Å². The van der Waals surface area contributed by atoms with Crippen LogP contribution in [0.3, 0.4) is 0 Å². The van der Waals surface area contributed by atoms with Gasteiger partial charge < -0.3 is 20.8 Å². The van der Waals surface area contributed by atoms with Crippen LogP contribution in [0.25, 0.3) is 0 Å². The summed E-state index contributed by atoms with van der Waals surface area (Å²) in [4.78, 5) is 33.4. The fourth-order valence-electron chi connectivity index (χ4n) is 1.55. The minimum atomic E-state index is -1.13. The fourth-order valence-corrected chi connectivity index (χ4v) is 1.55. The van der Waals surface area contributed by atoms with E-state index in [2.05, 4.69) is 10.6 Å². The first-order valence-electron chi connectivity index (χ1n) is 5.95. The summed E-state index contributed by atoms with van der Waals surface area (Å²) in [5.74, 6) is -2.52. The largest absolute Gasteiger partial charge is 0.480 e. The number of carbonyl (C=O) groups is 3. The molecule has 1 atom stereocenters. The van der Waals surface area contributed by atoms with E-state index in [0.29, 0.717) is 0 Å². The second-order valence-electron chi connectivity index (χ2n) is 4.54. The van der Waals surface area contributed by atoms with E-state index >= 15 is 0 Å². The number of nitrogens with one attached hydrogen (secondary N) is 2. The Bertz CT molecular complexity index is 527. The van der Waals surface area contributed by atoms with Crippen molar-refractivity contribution in [1.29, 1.82) is 0 Å². The number of anilines is 1. The Hall–Kier alpha value is -2.57. The molecular formula is C13H16N2O5. The molecule has 0 saturated carbocycles. The van der Waals surface area contributed by atoms with Gasteiger partial charge >= 0.3 is 18.0 Å². The summed E-state index contributed by atoms with van der Waals surface area (Å²) in [6, 6.07) is 3.95. The standard InChI is InChI=1S/C13H16N2O5/c1-7(2)10(12(18)19)15-13(20)14-9-5-3-4-8(6-9)11(16)17/h3-7,10H,1-2H3,(H,16,17)(H,18,19)(H2,14,15,20)/t10-/m0/s1. The molecule has 1 aromatic rings. The maximum atomic E-state index is 11.7.